The van der Waals surface area contributed by atoms with Gasteiger partial charge in [0.05, 0.1) is 17.1 Å². The van der Waals surface area contributed by atoms with Gasteiger partial charge in [0.1, 0.15) is 17.4 Å². The SMILES string of the molecule is CCCCOc1ncc(CC(=O)C2CCC(CS(=O)(=O)C(C)(C)CC)CC2)cc1C#N. The maximum atomic E-state index is 12.8. The zero-order chi connectivity index (χ0) is 23.1. The number of hydrogen-bond donors (Lipinski definition) is 0. The standard InChI is InChI=1S/C24H36N2O4S/c1-5-7-12-30-23-21(15-25)13-19(16-26-23)14-22(27)20-10-8-18(9-11-20)17-31(28,29)24(3,4)6-2/h13,16,18,20H,5-12,14,17H2,1-4H3. The van der Waals surface area contributed by atoms with Gasteiger partial charge in [-0.1, -0.05) is 20.3 Å². The molecule has 6 nitrogen and oxygen atoms in total. The summed E-state index contributed by atoms with van der Waals surface area (Å²) in [6, 6.07) is 3.80. The van der Waals surface area contributed by atoms with Gasteiger partial charge in [0.25, 0.3) is 0 Å². The van der Waals surface area contributed by atoms with Gasteiger partial charge >= 0.3 is 0 Å². The lowest BCUT2D eigenvalue weighted by Crippen LogP contribution is -2.37. The number of carbonyl (C=O) groups is 1. The van der Waals surface area contributed by atoms with Crippen LogP contribution in [0.3, 0.4) is 0 Å². The van der Waals surface area contributed by atoms with Gasteiger partial charge in [-0.15, -0.1) is 0 Å². The van der Waals surface area contributed by atoms with Gasteiger partial charge in [0, 0.05) is 18.5 Å². The number of Topliss-reactive ketones (excluding diaryl/α,β-unsaturated/α-hetero) is 1. The van der Waals surface area contributed by atoms with Gasteiger partial charge in [0.2, 0.25) is 5.88 Å². The van der Waals surface area contributed by atoms with Crippen molar-refractivity contribution in [1.82, 2.24) is 4.98 Å². The number of unbranched alkanes of at least 4 members (excludes halogenated alkanes) is 1. The minimum atomic E-state index is -3.15. The average molecular weight is 449 g/mol. The Morgan fingerprint density at radius 1 is 1.26 bits per heavy atom. The van der Waals surface area contributed by atoms with Crippen LogP contribution in [-0.4, -0.2) is 36.3 Å². The molecule has 31 heavy (non-hydrogen) atoms. The molecule has 0 aliphatic heterocycles. The molecule has 1 aromatic heterocycles. The van der Waals surface area contributed by atoms with E-state index in [0.717, 1.165) is 44.1 Å². The number of ketones is 1. The Hall–Kier alpha value is -1.94. The maximum Gasteiger partial charge on any atom is 0.231 e. The minimum Gasteiger partial charge on any atom is -0.477 e. The van der Waals surface area contributed by atoms with Crippen LogP contribution >= 0.6 is 0 Å². The van der Waals surface area contributed by atoms with Crippen molar-refractivity contribution in [3.8, 4) is 11.9 Å². The molecule has 0 spiro atoms. The Bertz CT molecular complexity index is 895. The molecule has 1 aromatic rings. The van der Waals surface area contributed by atoms with Crippen molar-refractivity contribution in [3.05, 3.63) is 23.4 Å². The van der Waals surface area contributed by atoms with Crippen molar-refractivity contribution in [2.24, 2.45) is 11.8 Å². The first-order chi connectivity index (χ1) is 14.6. The summed E-state index contributed by atoms with van der Waals surface area (Å²) < 4.78 is 30.2. The summed E-state index contributed by atoms with van der Waals surface area (Å²) in [5.74, 6) is 0.754. The van der Waals surface area contributed by atoms with E-state index in [4.69, 9.17) is 4.74 Å². The van der Waals surface area contributed by atoms with Gasteiger partial charge in [-0.25, -0.2) is 13.4 Å². The number of hydrogen-bond acceptors (Lipinski definition) is 6. The fourth-order valence-corrected chi connectivity index (χ4v) is 5.70. The third-order valence-electron chi connectivity index (χ3n) is 6.59. The molecule has 0 bridgehead atoms. The molecule has 7 heteroatoms. The molecule has 1 saturated carbocycles. The van der Waals surface area contributed by atoms with Crippen molar-refractivity contribution < 1.29 is 17.9 Å². The van der Waals surface area contributed by atoms with Gasteiger partial charge < -0.3 is 4.74 Å². The van der Waals surface area contributed by atoms with Gasteiger partial charge in [0.15, 0.2) is 9.84 Å². The van der Waals surface area contributed by atoms with E-state index in [2.05, 4.69) is 18.0 Å². The number of ether oxygens (including phenoxy) is 1. The van der Waals surface area contributed by atoms with E-state index in [1.165, 1.54) is 0 Å². The van der Waals surface area contributed by atoms with Crippen LogP contribution in [0.25, 0.3) is 0 Å². The molecule has 0 aromatic carbocycles. The zero-order valence-corrected chi connectivity index (χ0v) is 20.1. The molecule has 2 rings (SSSR count). The first-order valence-electron chi connectivity index (χ1n) is 11.4. The minimum absolute atomic E-state index is 0.0517. The summed E-state index contributed by atoms with van der Waals surface area (Å²) in [6.45, 7) is 8.08. The summed E-state index contributed by atoms with van der Waals surface area (Å²) >= 11 is 0. The molecule has 1 aliphatic rings. The molecule has 0 N–H and O–H groups in total. The monoisotopic (exact) mass is 448 g/mol. The number of rotatable bonds is 11. The van der Waals surface area contributed by atoms with E-state index in [0.29, 0.717) is 24.5 Å². The molecule has 1 heterocycles. The third kappa shape index (κ3) is 6.77. The van der Waals surface area contributed by atoms with Crippen molar-refractivity contribution >= 4 is 15.6 Å². The molecule has 0 radical (unpaired) electrons. The van der Waals surface area contributed by atoms with Gasteiger partial charge in [-0.3, -0.25) is 4.79 Å². The van der Waals surface area contributed by atoms with Gasteiger partial charge in [-0.05, 0) is 69.9 Å². The summed E-state index contributed by atoms with van der Waals surface area (Å²) in [6.07, 6.45) is 7.34. The van der Waals surface area contributed by atoms with Crippen molar-refractivity contribution in [2.45, 2.75) is 83.8 Å². The first kappa shape index (κ1) is 25.3. The second-order valence-electron chi connectivity index (χ2n) is 9.27. The molecule has 0 atom stereocenters. The summed E-state index contributed by atoms with van der Waals surface area (Å²) in [7, 11) is -3.15. The van der Waals surface area contributed by atoms with Crippen LogP contribution in [0.4, 0.5) is 0 Å². The van der Waals surface area contributed by atoms with E-state index < -0.39 is 14.6 Å². The molecule has 0 unspecified atom stereocenters. The second-order valence-corrected chi connectivity index (χ2v) is 11.9. The molecular formula is C24H36N2O4S. The third-order valence-corrected chi connectivity index (χ3v) is 9.48. The number of carbonyl (C=O) groups excluding carboxylic acids is 1. The Kier molecular flexibility index (Phi) is 9.05. The lowest BCUT2D eigenvalue weighted by Gasteiger charge is -2.31. The van der Waals surface area contributed by atoms with Crippen LogP contribution in [0.2, 0.25) is 0 Å². The fraction of sp³-hybridized carbons (Fsp3) is 0.708. The predicted molar refractivity (Wildman–Crippen MR) is 122 cm³/mol. The van der Waals surface area contributed by atoms with E-state index in [9.17, 15) is 18.5 Å². The predicted octanol–water partition coefficient (Wildman–Crippen LogP) is 4.65. The summed E-state index contributed by atoms with van der Waals surface area (Å²) in [5, 5.41) is 9.38. The van der Waals surface area contributed by atoms with E-state index >= 15 is 0 Å². The second kappa shape index (κ2) is 11.1. The van der Waals surface area contributed by atoms with Crippen LogP contribution < -0.4 is 4.74 Å². The highest BCUT2D eigenvalue weighted by molar-refractivity contribution is 7.92. The van der Waals surface area contributed by atoms with E-state index in [1.807, 2.05) is 6.92 Å². The normalized spacial score (nSPS) is 19.6. The van der Waals surface area contributed by atoms with E-state index in [-0.39, 0.29) is 29.8 Å². The Labute approximate surface area is 187 Å². The Balaban J connectivity index is 1.91. The van der Waals surface area contributed by atoms with Crippen LogP contribution in [0, 0.1) is 23.2 Å². The molecule has 1 aliphatic carbocycles. The smallest absolute Gasteiger partial charge is 0.231 e. The Morgan fingerprint density at radius 2 is 1.94 bits per heavy atom. The van der Waals surface area contributed by atoms with Crippen molar-refractivity contribution in [1.29, 1.82) is 5.26 Å². The first-order valence-corrected chi connectivity index (χ1v) is 13.1. The van der Waals surface area contributed by atoms with Crippen LogP contribution in [-0.2, 0) is 21.1 Å². The average Bonchev–Trinajstić information content (AvgIpc) is 2.74. The number of nitrogens with zero attached hydrogens (tertiary/aromatic N) is 2. The summed E-state index contributed by atoms with van der Waals surface area (Å²) in [4.78, 5) is 17.0. The molecular weight excluding hydrogens is 412 g/mol. The number of aromatic nitrogens is 1. The summed E-state index contributed by atoms with van der Waals surface area (Å²) in [5.41, 5.74) is 1.08. The highest BCUT2D eigenvalue weighted by Crippen LogP contribution is 2.33. The van der Waals surface area contributed by atoms with Crippen molar-refractivity contribution in [3.63, 3.8) is 0 Å². The van der Waals surface area contributed by atoms with Crippen LogP contribution in [0.15, 0.2) is 12.3 Å². The Morgan fingerprint density at radius 3 is 2.52 bits per heavy atom. The van der Waals surface area contributed by atoms with Crippen LogP contribution in [0.1, 0.15) is 83.8 Å². The quantitative estimate of drug-likeness (QED) is 0.457. The van der Waals surface area contributed by atoms with Gasteiger partial charge in [-0.2, -0.15) is 5.26 Å². The number of pyridine rings is 1. The fourth-order valence-electron chi connectivity index (χ4n) is 3.85. The molecule has 172 valence electrons. The maximum absolute atomic E-state index is 12.8. The highest BCUT2D eigenvalue weighted by atomic mass is 32.2. The molecule has 1 fully saturated rings. The number of sulfone groups is 1. The number of nitriles is 1. The molecule has 0 amide bonds. The van der Waals surface area contributed by atoms with E-state index in [1.54, 1.807) is 26.1 Å². The topological polar surface area (TPSA) is 97.1 Å². The zero-order valence-electron chi connectivity index (χ0n) is 19.3. The lowest BCUT2D eigenvalue weighted by molar-refractivity contribution is -0.123. The molecule has 0 saturated heterocycles. The van der Waals surface area contributed by atoms with Crippen LogP contribution in [0.5, 0.6) is 5.88 Å². The lowest BCUT2D eigenvalue weighted by atomic mass is 9.79. The van der Waals surface area contributed by atoms with Crippen molar-refractivity contribution in [2.75, 3.05) is 12.4 Å². The highest BCUT2D eigenvalue weighted by Gasteiger charge is 2.36. The largest absolute Gasteiger partial charge is 0.477 e.